The van der Waals surface area contributed by atoms with Gasteiger partial charge in [-0.3, -0.25) is 9.48 Å². The third-order valence-electron chi connectivity index (χ3n) is 6.53. The van der Waals surface area contributed by atoms with E-state index in [0.717, 1.165) is 25.7 Å². The minimum Gasteiger partial charge on any atom is -0.465 e. The number of benzene rings is 1. The summed E-state index contributed by atoms with van der Waals surface area (Å²) >= 11 is 0. The highest BCUT2D eigenvalue weighted by atomic mass is 19.1. The molecule has 2 heterocycles. The zero-order valence-electron chi connectivity index (χ0n) is 17.4. The van der Waals surface area contributed by atoms with Crippen LogP contribution in [0, 0.1) is 29.0 Å². The van der Waals surface area contributed by atoms with Gasteiger partial charge in [-0.2, -0.15) is 10.4 Å². The first-order valence-corrected chi connectivity index (χ1v) is 10.7. The number of anilines is 2. The van der Waals surface area contributed by atoms with E-state index in [2.05, 4.69) is 16.5 Å². The summed E-state index contributed by atoms with van der Waals surface area (Å²) in [5.41, 5.74) is 6.22. The molecule has 1 aromatic heterocycles. The topological polar surface area (TPSA) is 137 Å². The summed E-state index contributed by atoms with van der Waals surface area (Å²) in [6.45, 7) is 0.284. The third kappa shape index (κ3) is 4.10. The van der Waals surface area contributed by atoms with Crippen LogP contribution in [0.1, 0.15) is 48.5 Å². The summed E-state index contributed by atoms with van der Waals surface area (Å²) in [4.78, 5) is 25.3. The van der Waals surface area contributed by atoms with Crippen molar-refractivity contribution in [3.8, 4) is 6.07 Å². The lowest BCUT2D eigenvalue weighted by atomic mass is 9.78. The molecule has 2 aromatic rings. The monoisotopic (exact) mass is 440 g/mol. The Kier molecular flexibility index (Phi) is 5.99. The molecule has 1 aliphatic carbocycles. The third-order valence-corrected chi connectivity index (χ3v) is 6.53. The fourth-order valence-electron chi connectivity index (χ4n) is 5.05. The van der Waals surface area contributed by atoms with Crippen molar-refractivity contribution in [2.45, 2.75) is 44.2 Å². The molecular formula is C22H25FN6O3. The van der Waals surface area contributed by atoms with Crippen molar-refractivity contribution in [1.82, 2.24) is 14.7 Å². The first-order valence-electron chi connectivity index (χ1n) is 10.7. The molecule has 2 fully saturated rings. The van der Waals surface area contributed by atoms with Crippen LogP contribution in [0.3, 0.4) is 0 Å². The van der Waals surface area contributed by atoms with Crippen LogP contribution < -0.4 is 11.1 Å². The van der Waals surface area contributed by atoms with Crippen molar-refractivity contribution >= 4 is 23.5 Å². The number of carboxylic acid groups (broad SMARTS) is 1. The van der Waals surface area contributed by atoms with Gasteiger partial charge < -0.3 is 21.1 Å². The predicted molar refractivity (Wildman–Crippen MR) is 114 cm³/mol. The number of carbonyl (C=O) groups excluding carboxylic acids is 1. The fourth-order valence-corrected chi connectivity index (χ4v) is 5.05. The molecule has 0 spiro atoms. The van der Waals surface area contributed by atoms with E-state index in [1.165, 1.54) is 35.4 Å². The number of primary amides is 1. The number of amides is 2. The van der Waals surface area contributed by atoms with Gasteiger partial charge in [-0.25, -0.2) is 9.18 Å². The molecule has 2 aliphatic rings. The molecule has 168 valence electrons. The average molecular weight is 440 g/mol. The van der Waals surface area contributed by atoms with Crippen LogP contribution in [-0.4, -0.2) is 44.4 Å². The maximum absolute atomic E-state index is 13.2. The number of nitrogens with two attached hydrogens (primary N) is 1. The molecule has 1 aromatic carbocycles. The summed E-state index contributed by atoms with van der Waals surface area (Å²) in [5, 5.41) is 27.3. The lowest BCUT2D eigenvalue weighted by Crippen LogP contribution is -2.54. The van der Waals surface area contributed by atoms with Gasteiger partial charge in [-0.05, 0) is 49.4 Å². The number of likely N-dealkylation sites (tertiary alicyclic amines) is 1. The number of rotatable bonds is 5. The highest BCUT2D eigenvalue weighted by Crippen LogP contribution is 2.42. The highest BCUT2D eigenvalue weighted by molar-refractivity contribution is 5.98. The molecule has 1 saturated carbocycles. The minimum absolute atomic E-state index is 0.126. The first-order chi connectivity index (χ1) is 15.4. The van der Waals surface area contributed by atoms with E-state index in [9.17, 15) is 24.3 Å². The van der Waals surface area contributed by atoms with Gasteiger partial charge in [0.15, 0.2) is 5.82 Å². The van der Waals surface area contributed by atoms with Crippen LogP contribution in [0.5, 0.6) is 0 Å². The number of nitriles is 1. The van der Waals surface area contributed by atoms with Crippen molar-refractivity contribution in [2.24, 2.45) is 17.6 Å². The molecule has 10 heteroatoms. The molecule has 1 aliphatic heterocycles. The normalized spacial score (nSPS) is 23.6. The summed E-state index contributed by atoms with van der Waals surface area (Å²) in [6, 6.07) is 7.10. The number of carbonyl (C=O) groups is 2. The number of aromatic nitrogens is 2. The second-order valence-corrected chi connectivity index (χ2v) is 8.39. The van der Waals surface area contributed by atoms with Crippen molar-refractivity contribution in [3.05, 3.63) is 41.8 Å². The molecule has 4 rings (SSSR count). The van der Waals surface area contributed by atoms with Gasteiger partial charge in [0, 0.05) is 18.4 Å². The molecule has 2 amide bonds. The molecule has 9 nitrogen and oxygen atoms in total. The minimum atomic E-state index is -1.02. The van der Waals surface area contributed by atoms with Crippen LogP contribution in [0.25, 0.3) is 0 Å². The van der Waals surface area contributed by atoms with E-state index in [-0.39, 0.29) is 23.8 Å². The number of nitrogens with zero attached hydrogens (tertiary/aromatic N) is 4. The zero-order valence-corrected chi connectivity index (χ0v) is 17.4. The van der Waals surface area contributed by atoms with E-state index in [0.29, 0.717) is 12.1 Å². The quantitative estimate of drug-likeness (QED) is 0.651. The standard InChI is InChI=1S/C22H25FN6O3/c23-14-5-7-15(8-6-14)26-21-17(20(25)30)12-29(27-21)18-9-10-28(22(31)32)19(16(18)11-24)13-3-1-2-4-13/h5-8,12-13,16,18-19H,1-4,9-10H2,(H2,25,30)(H,26,27)(H,31,32). The Labute approximate surface area is 184 Å². The SMILES string of the molecule is N#CC1C(C2CCCC2)N(C(=O)O)CCC1n1cc(C(N)=O)c(Nc2ccc(F)cc2)n1. The molecule has 32 heavy (non-hydrogen) atoms. The average Bonchev–Trinajstić information content (AvgIpc) is 3.44. The number of halogens is 1. The first kappa shape index (κ1) is 21.6. The van der Waals surface area contributed by atoms with Gasteiger partial charge >= 0.3 is 6.09 Å². The summed E-state index contributed by atoms with van der Waals surface area (Å²) in [7, 11) is 0. The highest BCUT2D eigenvalue weighted by Gasteiger charge is 2.46. The molecule has 3 atom stereocenters. The van der Waals surface area contributed by atoms with Crippen LogP contribution in [0.2, 0.25) is 0 Å². The molecule has 4 N–H and O–H groups in total. The maximum atomic E-state index is 13.2. The summed E-state index contributed by atoms with van der Waals surface area (Å²) < 4.78 is 14.8. The smallest absolute Gasteiger partial charge is 0.407 e. The lowest BCUT2D eigenvalue weighted by Gasteiger charge is -2.44. The number of hydrogen-bond acceptors (Lipinski definition) is 5. The van der Waals surface area contributed by atoms with Crippen molar-refractivity contribution in [3.63, 3.8) is 0 Å². The van der Waals surface area contributed by atoms with Crippen molar-refractivity contribution in [2.75, 3.05) is 11.9 Å². The van der Waals surface area contributed by atoms with Gasteiger partial charge in [0.1, 0.15) is 11.4 Å². The van der Waals surface area contributed by atoms with Crippen molar-refractivity contribution < 1.29 is 19.1 Å². The van der Waals surface area contributed by atoms with Crippen LogP contribution in [0.4, 0.5) is 20.7 Å². The Morgan fingerprint density at radius 2 is 1.91 bits per heavy atom. The van der Waals surface area contributed by atoms with Gasteiger partial charge in [0.05, 0.1) is 24.1 Å². The van der Waals surface area contributed by atoms with Crippen LogP contribution in [-0.2, 0) is 0 Å². The Bertz CT molecular complexity index is 1040. The zero-order chi connectivity index (χ0) is 22.8. The van der Waals surface area contributed by atoms with Gasteiger partial charge in [0.25, 0.3) is 5.91 Å². The molecular weight excluding hydrogens is 415 g/mol. The van der Waals surface area contributed by atoms with E-state index < -0.39 is 35.8 Å². The lowest BCUT2D eigenvalue weighted by molar-refractivity contribution is 0.0401. The maximum Gasteiger partial charge on any atom is 0.407 e. The Morgan fingerprint density at radius 3 is 2.50 bits per heavy atom. The van der Waals surface area contributed by atoms with E-state index in [1.54, 1.807) is 4.68 Å². The summed E-state index contributed by atoms with van der Waals surface area (Å²) in [6.07, 6.45) is 4.71. The van der Waals surface area contributed by atoms with Crippen LogP contribution >= 0.6 is 0 Å². The van der Waals surface area contributed by atoms with Crippen LogP contribution in [0.15, 0.2) is 30.5 Å². The Morgan fingerprint density at radius 1 is 1.22 bits per heavy atom. The molecule has 0 radical (unpaired) electrons. The number of hydrogen-bond donors (Lipinski definition) is 3. The summed E-state index contributed by atoms with van der Waals surface area (Å²) in [5.74, 6) is -1.36. The van der Waals surface area contributed by atoms with E-state index in [1.807, 2.05) is 0 Å². The predicted octanol–water partition coefficient (Wildman–Crippen LogP) is 3.49. The molecule has 3 unspecified atom stereocenters. The molecule has 0 bridgehead atoms. The number of nitrogens with one attached hydrogen (secondary N) is 1. The van der Waals surface area contributed by atoms with Gasteiger partial charge in [0.2, 0.25) is 0 Å². The van der Waals surface area contributed by atoms with Crippen molar-refractivity contribution in [1.29, 1.82) is 5.26 Å². The van der Waals surface area contributed by atoms with E-state index in [4.69, 9.17) is 5.73 Å². The largest absolute Gasteiger partial charge is 0.465 e. The molecule has 1 saturated heterocycles. The van der Waals surface area contributed by atoms with Gasteiger partial charge in [-0.1, -0.05) is 12.8 Å². The van der Waals surface area contributed by atoms with E-state index >= 15 is 0 Å². The second kappa shape index (κ2) is 8.86. The number of piperidine rings is 1. The Hall–Kier alpha value is -3.61. The Balaban J connectivity index is 1.67. The van der Waals surface area contributed by atoms with Gasteiger partial charge in [-0.15, -0.1) is 0 Å². The second-order valence-electron chi connectivity index (χ2n) is 8.39. The fraction of sp³-hybridized carbons (Fsp3) is 0.455.